The molecule has 0 bridgehead atoms. The van der Waals surface area contributed by atoms with Gasteiger partial charge >= 0.3 is 0 Å². The highest BCUT2D eigenvalue weighted by Crippen LogP contribution is 2.08. The summed E-state index contributed by atoms with van der Waals surface area (Å²) in [6.07, 6.45) is 1.35. The molecule has 1 amide bonds. The first-order valence-corrected chi connectivity index (χ1v) is 11.1. The van der Waals surface area contributed by atoms with Gasteiger partial charge in [0.05, 0.1) is 12.4 Å². The van der Waals surface area contributed by atoms with E-state index in [1.54, 1.807) is 12.1 Å². The van der Waals surface area contributed by atoms with Crippen molar-refractivity contribution in [1.29, 1.82) is 0 Å². The van der Waals surface area contributed by atoms with E-state index in [9.17, 15) is 4.79 Å². The number of aliphatic hydroxyl groups is 1. The molecule has 1 unspecified atom stereocenters. The van der Waals surface area contributed by atoms with E-state index < -0.39 is 0 Å². The lowest BCUT2D eigenvalue weighted by atomic mass is 10.3. The van der Waals surface area contributed by atoms with Crippen molar-refractivity contribution in [2.24, 2.45) is 0 Å². The zero-order valence-corrected chi connectivity index (χ0v) is 19.7. The number of amides is 1. The van der Waals surface area contributed by atoms with Gasteiger partial charge in [0.2, 0.25) is 0 Å². The fourth-order valence-corrected chi connectivity index (χ4v) is 2.97. The van der Waals surface area contributed by atoms with Crippen LogP contribution >= 0.6 is 0 Å². The Morgan fingerprint density at radius 1 is 0.966 bits per heavy atom. The molecule has 1 N–H and O–H groups in total. The summed E-state index contributed by atoms with van der Waals surface area (Å²) in [6, 6.07) is 3.45. The topological polar surface area (TPSA) is 63.4 Å². The Balaban J connectivity index is 0.000000472. The number of aliphatic hydroxyl groups excluding tert-OH is 1. The Labute approximate surface area is 178 Å². The second-order valence-corrected chi connectivity index (χ2v) is 7.03. The molecule has 2 saturated heterocycles. The number of nitrogens with zero attached hydrogens (tertiary/aromatic N) is 4. The Morgan fingerprint density at radius 3 is 1.86 bits per heavy atom. The first-order valence-electron chi connectivity index (χ1n) is 11.1. The van der Waals surface area contributed by atoms with Crippen LogP contribution in [0.4, 0.5) is 0 Å². The molecule has 2 fully saturated rings. The van der Waals surface area contributed by atoms with Crippen LogP contribution in [0.5, 0.6) is 0 Å². The van der Waals surface area contributed by atoms with Crippen LogP contribution in [-0.2, 0) is 0 Å². The summed E-state index contributed by atoms with van der Waals surface area (Å²) in [6.45, 7) is 18.6. The predicted octanol–water partition coefficient (Wildman–Crippen LogP) is 2.33. The molecule has 0 aliphatic carbocycles. The molecule has 2 aliphatic rings. The lowest BCUT2D eigenvalue weighted by Gasteiger charge is -2.32. The molecule has 3 rings (SSSR count). The van der Waals surface area contributed by atoms with Crippen LogP contribution < -0.4 is 0 Å². The maximum absolute atomic E-state index is 11.8. The number of rotatable bonds is 3. The average molecular weight is 413 g/mol. The van der Waals surface area contributed by atoms with Crippen LogP contribution in [-0.4, -0.2) is 110 Å². The number of hydrogen-bond donors (Lipinski definition) is 1. The molecule has 0 aromatic carbocycles. The number of carbonyl (C=O) groups excluding carboxylic acids is 1. The first-order chi connectivity index (χ1) is 14.0. The maximum atomic E-state index is 11.8. The number of hydrogen-bond acceptors (Lipinski definition) is 6. The zero-order chi connectivity index (χ0) is 22.2. The van der Waals surface area contributed by atoms with Crippen molar-refractivity contribution in [2.45, 2.75) is 40.7 Å². The summed E-state index contributed by atoms with van der Waals surface area (Å²) in [5.41, 5.74) is 0. The smallest absolute Gasteiger partial charge is 0.289 e. The summed E-state index contributed by atoms with van der Waals surface area (Å²) in [5, 5.41) is 9.12. The molecule has 1 aromatic rings. The predicted molar refractivity (Wildman–Crippen MR) is 120 cm³/mol. The maximum Gasteiger partial charge on any atom is 0.289 e. The van der Waals surface area contributed by atoms with Crippen molar-refractivity contribution in [3.63, 3.8) is 0 Å². The largest absolute Gasteiger partial charge is 0.459 e. The average Bonchev–Trinajstić information content (AvgIpc) is 3.28. The van der Waals surface area contributed by atoms with Crippen LogP contribution in [0.15, 0.2) is 22.8 Å². The highest BCUT2D eigenvalue weighted by atomic mass is 16.3. The third kappa shape index (κ3) is 11.4. The van der Waals surface area contributed by atoms with E-state index in [4.69, 9.17) is 9.52 Å². The van der Waals surface area contributed by atoms with Crippen molar-refractivity contribution in [1.82, 2.24) is 19.6 Å². The third-order valence-corrected chi connectivity index (χ3v) is 4.64. The van der Waals surface area contributed by atoms with E-state index in [1.807, 2.05) is 39.5 Å². The second kappa shape index (κ2) is 16.4. The molecule has 29 heavy (non-hydrogen) atoms. The van der Waals surface area contributed by atoms with Crippen LogP contribution in [0.2, 0.25) is 0 Å². The summed E-state index contributed by atoms with van der Waals surface area (Å²) in [7, 11) is 4.20. The van der Waals surface area contributed by atoms with Crippen LogP contribution in [0, 0.1) is 0 Å². The van der Waals surface area contributed by atoms with Gasteiger partial charge in [-0.25, -0.2) is 0 Å². The van der Waals surface area contributed by atoms with Crippen molar-refractivity contribution in [3.8, 4) is 0 Å². The van der Waals surface area contributed by atoms with Gasteiger partial charge in [-0.2, -0.15) is 0 Å². The molecule has 3 heterocycles. The lowest BCUT2D eigenvalue weighted by molar-refractivity contribution is 0.0632. The molecule has 2 aliphatic heterocycles. The summed E-state index contributed by atoms with van der Waals surface area (Å²) >= 11 is 0. The second-order valence-electron chi connectivity index (χ2n) is 7.03. The van der Waals surface area contributed by atoms with E-state index >= 15 is 0 Å². The summed E-state index contributed by atoms with van der Waals surface area (Å²) in [5.74, 6) is 0.442. The zero-order valence-electron chi connectivity index (χ0n) is 19.7. The van der Waals surface area contributed by atoms with Gasteiger partial charge in [-0.1, -0.05) is 27.7 Å². The Morgan fingerprint density at radius 2 is 1.45 bits per heavy atom. The molecule has 1 atom stereocenters. The Bertz CT molecular complexity index is 492. The van der Waals surface area contributed by atoms with Crippen molar-refractivity contribution in [2.75, 3.05) is 73.0 Å². The quantitative estimate of drug-likeness (QED) is 0.822. The number of carbonyl (C=O) groups is 1. The van der Waals surface area contributed by atoms with Gasteiger partial charge in [-0.3, -0.25) is 9.69 Å². The van der Waals surface area contributed by atoms with E-state index in [1.165, 1.54) is 6.26 Å². The fraction of sp³-hybridized carbons (Fsp3) is 0.773. The van der Waals surface area contributed by atoms with Gasteiger partial charge in [0.25, 0.3) is 5.91 Å². The minimum atomic E-state index is -0.182. The van der Waals surface area contributed by atoms with Gasteiger partial charge in [-0.05, 0) is 33.2 Å². The molecule has 7 nitrogen and oxygen atoms in total. The van der Waals surface area contributed by atoms with E-state index in [0.29, 0.717) is 5.76 Å². The summed E-state index contributed by atoms with van der Waals surface area (Å²) < 4.78 is 5.07. The van der Waals surface area contributed by atoms with Crippen LogP contribution in [0.3, 0.4) is 0 Å². The number of piperazine rings is 2. The molecule has 7 heteroatoms. The van der Waals surface area contributed by atoms with Crippen molar-refractivity contribution < 1.29 is 14.3 Å². The van der Waals surface area contributed by atoms with Gasteiger partial charge < -0.3 is 24.2 Å². The van der Waals surface area contributed by atoms with Crippen molar-refractivity contribution >= 4 is 5.91 Å². The normalized spacial score (nSPS) is 19.0. The third-order valence-electron chi connectivity index (χ3n) is 4.64. The van der Waals surface area contributed by atoms with Crippen LogP contribution in [0.25, 0.3) is 0 Å². The minimum Gasteiger partial charge on any atom is -0.459 e. The fourth-order valence-electron chi connectivity index (χ4n) is 2.97. The Kier molecular flexibility index (Phi) is 15.6. The van der Waals surface area contributed by atoms with Gasteiger partial charge in [0, 0.05) is 58.9 Å². The van der Waals surface area contributed by atoms with Crippen LogP contribution in [0.1, 0.15) is 45.2 Å². The molecule has 0 spiro atoms. The standard InChI is InChI=1S/C10H14N2O2.C8H18N2O.2C2H6/c1-11-4-6-12(7-5-11)10(13)9-3-2-8-14-9;1-8(11)7-10-5-3-9(2)4-6-10;2*1-2/h2-3,8H,4-7H2,1H3;8,11H,3-7H2,1-2H3;2*1-2H3. The van der Waals surface area contributed by atoms with Gasteiger partial charge in [-0.15, -0.1) is 0 Å². The number of likely N-dealkylation sites (N-methyl/N-ethyl adjacent to an activating group) is 2. The molecular weight excluding hydrogens is 368 g/mol. The van der Waals surface area contributed by atoms with Gasteiger partial charge in [0.1, 0.15) is 0 Å². The van der Waals surface area contributed by atoms with E-state index in [0.717, 1.165) is 58.9 Å². The summed E-state index contributed by atoms with van der Waals surface area (Å²) in [4.78, 5) is 20.5. The monoisotopic (exact) mass is 412 g/mol. The van der Waals surface area contributed by atoms with Gasteiger partial charge in [0.15, 0.2) is 5.76 Å². The number of furan rings is 1. The molecule has 0 saturated carbocycles. The molecule has 1 aromatic heterocycles. The Hall–Kier alpha value is -1.41. The molecule has 0 radical (unpaired) electrons. The molecular formula is C22H44N4O3. The highest BCUT2D eigenvalue weighted by Gasteiger charge is 2.21. The highest BCUT2D eigenvalue weighted by molar-refractivity contribution is 5.91. The number of β-amino-alcohol motifs (C(OH)–C–C–N with tert-alkyl or cyclic N) is 1. The SMILES string of the molecule is CC.CC.CC(O)CN1CCN(C)CC1.CN1CCN(C(=O)c2ccco2)CC1. The van der Waals surface area contributed by atoms with Crippen molar-refractivity contribution in [3.05, 3.63) is 24.2 Å². The molecule has 170 valence electrons. The minimum absolute atomic E-state index is 0.00287. The first kappa shape index (κ1) is 27.6. The lowest BCUT2D eigenvalue weighted by Crippen LogP contribution is -2.47. The van der Waals surface area contributed by atoms with E-state index in [2.05, 4.69) is 28.8 Å². The van der Waals surface area contributed by atoms with E-state index in [-0.39, 0.29) is 12.0 Å².